The molecule has 2 heteroatoms. The van der Waals surface area contributed by atoms with Crippen LogP contribution in [-0.2, 0) is 0 Å². The highest BCUT2D eigenvalue weighted by Gasteiger charge is 2.14. The summed E-state index contributed by atoms with van der Waals surface area (Å²) in [6, 6.07) is 19.3. The Morgan fingerprint density at radius 2 is 1.65 bits per heavy atom. The van der Waals surface area contributed by atoms with Gasteiger partial charge in [-0.2, -0.15) is 0 Å². The number of aromatic carboxylic acids is 1. The maximum Gasteiger partial charge on any atom is 0.336 e. The Labute approximate surface area is 117 Å². The molecule has 0 atom stereocenters. The van der Waals surface area contributed by atoms with Crippen molar-refractivity contribution in [3.63, 3.8) is 0 Å². The van der Waals surface area contributed by atoms with Crippen molar-refractivity contribution in [3.05, 3.63) is 71.8 Å². The third-order valence-corrected chi connectivity index (χ3v) is 3.47. The average Bonchev–Trinajstić information content (AvgIpc) is 2.46. The maximum absolute atomic E-state index is 11.5. The predicted octanol–water partition coefficient (Wildman–Crippen LogP) is 4.51. The van der Waals surface area contributed by atoms with E-state index in [1.54, 1.807) is 6.07 Å². The molecule has 1 N–H and O–H groups in total. The second-order valence-electron chi connectivity index (χ2n) is 4.88. The molecule has 98 valence electrons. The lowest BCUT2D eigenvalue weighted by Crippen LogP contribution is -2.00. The Morgan fingerprint density at radius 3 is 2.35 bits per heavy atom. The predicted molar refractivity (Wildman–Crippen MR) is 81.1 cm³/mol. The molecule has 20 heavy (non-hydrogen) atoms. The number of fused-ring (bicyclic) bond motifs is 1. The molecule has 3 aromatic rings. The third-order valence-electron chi connectivity index (χ3n) is 3.47. The van der Waals surface area contributed by atoms with Gasteiger partial charge >= 0.3 is 5.97 Å². The fourth-order valence-electron chi connectivity index (χ4n) is 2.53. The van der Waals surface area contributed by atoms with Gasteiger partial charge in [0.05, 0.1) is 5.56 Å². The van der Waals surface area contributed by atoms with Crippen molar-refractivity contribution in [2.24, 2.45) is 0 Å². The Morgan fingerprint density at radius 1 is 0.950 bits per heavy atom. The normalized spacial score (nSPS) is 10.7. The lowest BCUT2D eigenvalue weighted by Gasteiger charge is -2.11. The zero-order valence-corrected chi connectivity index (χ0v) is 11.1. The van der Waals surface area contributed by atoms with Crippen molar-refractivity contribution in [1.82, 2.24) is 0 Å². The second-order valence-corrected chi connectivity index (χ2v) is 4.88. The number of benzene rings is 3. The molecule has 0 bridgehead atoms. The van der Waals surface area contributed by atoms with Crippen molar-refractivity contribution >= 4 is 16.7 Å². The van der Waals surface area contributed by atoms with Crippen molar-refractivity contribution in [1.29, 1.82) is 0 Å². The highest BCUT2D eigenvalue weighted by atomic mass is 16.4. The minimum absolute atomic E-state index is 0.342. The van der Waals surface area contributed by atoms with E-state index in [0.29, 0.717) is 5.56 Å². The minimum Gasteiger partial charge on any atom is -0.478 e. The molecule has 3 rings (SSSR count). The van der Waals surface area contributed by atoms with Gasteiger partial charge in [-0.15, -0.1) is 0 Å². The minimum atomic E-state index is -0.896. The number of hydrogen-bond acceptors (Lipinski definition) is 1. The monoisotopic (exact) mass is 262 g/mol. The summed E-state index contributed by atoms with van der Waals surface area (Å²) in [5.74, 6) is -0.896. The van der Waals surface area contributed by atoms with Crippen LogP contribution in [0.25, 0.3) is 21.9 Å². The SMILES string of the molecule is Cc1ccc2ccc(C(=O)O)c(-c3ccccc3)c2c1. The number of carboxylic acid groups (broad SMARTS) is 1. The lowest BCUT2D eigenvalue weighted by atomic mass is 9.92. The van der Waals surface area contributed by atoms with Gasteiger partial charge in [0.1, 0.15) is 0 Å². The Balaban J connectivity index is 2.44. The van der Waals surface area contributed by atoms with E-state index in [1.807, 2.05) is 61.5 Å². The van der Waals surface area contributed by atoms with E-state index in [0.717, 1.165) is 27.5 Å². The maximum atomic E-state index is 11.5. The Bertz CT molecular complexity index is 789. The molecule has 0 aliphatic heterocycles. The van der Waals surface area contributed by atoms with E-state index in [1.165, 1.54) is 0 Å². The van der Waals surface area contributed by atoms with Crippen LogP contribution in [0.3, 0.4) is 0 Å². The fourth-order valence-corrected chi connectivity index (χ4v) is 2.53. The first kappa shape index (κ1) is 12.4. The van der Waals surface area contributed by atoms with E-state index < -0.39 is 5.97 Å². The lowest BCUT2D eigenvalue weighted by molar-refractivity contribution is 0.0698. The highest BCUT2D eigenvalue weighted by molar-refractivity contribution is 6.07. The van der Waals surface area contributed by atoms with Crippen LogP contribution in [0.5, 0.6) is 0 Å². The van der Waals surface area contributed by atoms with Crippen LogP contribution in [0.2, 0.25) is 0 Å². The van der Waals surface area contributed by atoms with E-state index >= 15 is 0 Å². The second kappa shape index (κ2) is 4.82. The van der Waals surface area contributed by atoms with Gasteiger partial charge in [-0.05, 0) is 29.3 Å². The van der Waals surface area contributed by atoms with E-state index in [-0.39, 0.29) is 0 Å². The largest absolute Gasteiger partial charge is 0.478 e. The standard InChI is InChI=1S/C18H14O2/c1-12-7-8-13-9-10-15(18(19)20)17(16(13)11-12)14-5-3-2-4-6-14/h2-11H,1H3,(H,19,20). The van der Waals surface area contributed by atoms with E-state index in [4.69, 9.17) is 0 Å². The van der Waals surface area contributed by atoms with Crippen molar-refractivity contribution in [2.45, 2.75) is 6.92 Å². The highest BCUT2D eigenvalue weighted by Crippen LogP contribution is 2.32. The number of rotatable bonds is 2. The van der Waals surface area contributed by atoms with Gasteiger partial charge in [0.15, 0.2) is 0 Å². The first-order chi connectivity index (χ1) is 9.66. The molecule has 0 amide bonds. The van der Waals surface area contributed by atoms with Crippen LogP contribution in [0.4, 0.5) is 0 Å². The van der Waals surface area contributed by atoms with Gasteiger partial charge in [-0.25, -0.2) is 4.79 Å². The molecule has 0 radical (unpaired) electrons. The fraction of sp³-hybridized carbons (Fsp3) is 0.0556. The molecule has 0 saturated carbocycles. The van der Waals surface area contributed by atoms with Crippen LogP contribution in [0.1, 0.15) is 15.9 Å². The molecule has 0 aromatic heterocycles. The van der Waals surface area contributed by atoms with Crippen molar-refractivity contribution in [3.8, 4) is 11.1 Å². The Hall–Kier alpha value is -2.61. The zero-order chi connectivity index (χ0) is 14.1. The number of carboxylic acids is 1. The van der Waals surface area contributed by atoms with Gasteiger partial charge in [0.25, 0.3) is 0 Å². The van der Waals surface area contributed by atoms with Crippen molar-refractivity contribution in [2.75, 3.05) is 0 Å². The molecule has 0 saturated heterocycles. The van der Waals surface area contributed by atoms with Crippen LogP contribution < -0.4 is 0 Å². The summed E-state index contributed by atoms with van der Waals surface area (Å²) in [5, 5.41) is 11.5. The molecular formula is C18H14O2. The zero-order valence-electron chi connectivity index (χ0n) is 11.1. The van der Waals surface area contributed by atoms with Crippen LogP contribution in [-0.4, -0.2) is 11.1 Å². The summed E-state index contributed by atoms with van der Waals surface area (Å²) in [5.41, 5.74) is 3.19. The summed E-state index contributed by atoms with van der Waals surface area (Å²) in [6.07, 6.45) is 0. The summed E-state index contributed by atoms with van der Waals surface area (Å²) >= 11 is 0. The van der Waals surface area contributed by atoms with Crippen LogP contribution >= 0.6 is 0 Å². The molecule has 0 fully saturated rings. The third kappa shape index (κ3) is 2.05. The van der Waals surface area contributed by atoms with Crippen LogP contribution in [0.15, 0.2) is 60.7 Å². The van der Waals surface area contributed by atoms with Crippen molar-refractivity contribution < 1.29 is 9.90 Å². The molecular weight excluding hydrogens is 248 g/mol. The topological polar surface area (TPSA) is 37.3 Å². The number of hydrogen-bond donors (Lipinski definition) is 1. The molecule has 0 aliphatic carbocycles. The van der Waals surface area contributed by atoms with Gasteiger partial charge in [-0.3, -0.25) is 0 Å². The van der Waals surface area contributed by atoms with Gasteiger partial charge < -0.3 is 5.11 Å². The smallest absolute Gasteiger partial charge is 0.336 e. The molecule has 3 aromatic carbocycles. The quantitative estimate of drug-likeness (QED) is 0.737. The average molecular weight is 262 g/mol. The number of aryl methyl sites for hydroxylation is 1. The summed E-state index contributed by atoms with van der Waals surface area (Å²) in [7, 11) is 0. The van der Waals surface area contributed by atoms with Crippen LogP contribution in [0, 0.1) is 6.92 Å². The molecule has 0 unspecified atom stereocenters. The first-order valence-corrected chi connectivity index (χ1v) is 6.49. The van der Waals surface area contributed by atoms with Gasteiger partial charge in [0.2, 0.25) is 0 Å². The van der Waals surface area contributed by atoms with E-state index in [9.17, 15) is 9.90 Å². The molecule has 2 nitrogen and oxygen atoms in total. The first-order valence-electron chi connectivity index (χ1n) is 6.49. The van der Waals surface area contributed by atoms with E-state index in [2.05, 4.69) is 0 Å². The number of carbonyl (C=O) groups is 1. The molecule has 0 aliphatic rings. The summed E-state index contributed by atoms with van der Waals surface area (Å²) < 4.78 is 0. The summed E-state index contributed by atoms with van der Waals surface area (Å²) in [4.78, 5) is 11.5. The van der Waals surface area contributed by atoms with Gasteiger partial charge in [-0.1, -0.05) is 60.2 Å². The summed E-state index contributed by atoms with van der Waals surface area (Å²) in [6.45, 7) is 2.02. The van der Waals surface area contributed by atoms with Gasteiger partial charge in [0, 0.05) is 5.56 Å². The molecule has 0 spiro atoms. The molecule has 0 heterocycles. The Kier molecular flexibility index (Phi) is 2.99.